The number of rotatable bonds is 2. The van der Waals surface area contributed by atoms with Gasteiger partial charge >= 0.3 is 0 Å². The molecule has 2 rings (SSSR count). The number of nitrogens with zero attached hydrogens (tertiary/aromatic N) is 2. The van der Waals surface area contributed by atoms with E-state index in [0.29, 0.717) is 11.0 Å². The molecule has 0 spiro atoms. The summed E-state index contributed by atoms with van der Waals surface area (Å²) >= 11 is 7.03. The smallest absolute Gasteiger partial charge is 0.124 e. The molecule has 1 aromatic rings. The Morgan fingerprint density at radius 3 is 3.19 bits per heavy atom. The fraction of sp³-hybridized carbons (Fsp3) is 0.455. The van der Waals surface area contributed by atoms with Gasteiger partial charge in [-0.15, -0.1) is 0 Å². The third-order valence-corrected chi connectivity index (χ3v) is 4.08. The molecule has 1 fully saturated rings. The number of hydrogen-bond donors (Lipinski definition) is 1. The molecule has 5 heteroatoms. The Hall–Kier alpha value is -0.810. The largest absolute Gasteiger partial charge is 0.388 e. The highest BCUT2D eigenvalue weighted by molar-refractivity contribution is 7.99. The average Bonchev–Trinajstić information content (AvgIpc) is 2.29. The summed E-state index contributed by atoms with van der Waals surface area (Å²) in [5, 5.41) is 0. The van der Waals surface area contributed by atoms with E-state index < -0.39 is 0 Å². The van der Waals surface area contributed by atoms with Gasteiger partial charge in [0.15, 0.2) is 0 Å². The van der Waals surface area contributed by atoms with E-state index in [4.69, 9.17) is 18.0 Å². The maximum absolute atomic E-state index is 5.70. The molecular weight excluding hydrogens is 238 g/mol. The van der Waals surface area contributed by atoms with E-state index in [0.717, 1.165) is 29.4 Å². The number of anilines is 1. The summed E-state index contributed by atoms with van der Waals surface area (Å²) in [6.45, 7) is 3.26. The van der Waals surface area contributed by atoms with Gasteiger partial charge in [0.1, 0.15) is 10.7 Å². The van der Waals surface area contributed by atoms with Gasteiger partial charge in [-0.25, -0.2) is 0 Å². The van der Waals surface area contributed by atoms with Gasteiger partial charge in [0.05, 0.1) is 5.69 Å². The van der Waals surface area contributed by atoms with Crippen LogP contribution in [-0.4, -0.2) is 34.1 Å². The van der Waals surface area contributed by atoms with Gasteiger partial charge in [0.25, 0.3) is 0 Å². The zero-order valence-corrected chi connectivity index (χ0v) is 10.9. The number of thioether (sulfide) groups is 1. The van der Waals surface area contributed by atoms with Crippen molar-refractivity contribution in [1.29, 1.82) is 0 Å². The van der Waals surface area contributed by atoms with E-state index in [2.05, 4.69) is 16.8 Å². The molecule has 1 aliphatic heterocycles. The maximum Gasteiger partial charge on any atom is 0.124 e. The topological polar surface area (TPSA) is 42.2 Å². The molecule has 0 aliphatic carbocycles. The van der Waals surface area contributed by atoms with E-state index in [1.165, 1.54) is 0 Å². The summed E-state index contributed by atoms with van der Waals surface area (Å²) in [5.74, 6) is 2.29. The first kappa shape index (κ1) is 11.7. The van der Waals surface area contributed by atoms with Crippen molar-refractivity contribution in [2.45, 2.75) is 13.0 Å². The van der Waals surface area contributed by atoms with E-state index in [-0.39, 0.29) is 0 Å². The van der Waals surface area contributed by atoms with Crippen molar-refractivity contribution in [1.82, 2.24) is 4.98 Å². The Morgan fingerprint density at radius 1 is 1.69 bits per heavy atom. The van der Waals surface area contributed by atoms with Gasteiger partial charge in [-0.1, -0.05) is 12.2 Å². The molecule has 0 aromatic carbocycles. The van der Waals surface area contributed by atoms with Crippen molar-refractivity contribution in [3.63, 3.8) is 0 Å². The molecule has 1 saturated heterocycles. The molecule has 1 atom stereocenters. The Morgan fingerprint density at radius 2 is 2.50 bits per heavy atom. The van der Waals surface area contributed by atoms with E-state index in [1.54, 1.807) is 6.20 Å². The van der Waals surface area contributed by atoms with Crippen LogP contribution in [0.15, 0.2) is 18.3 Å². The lowest BCUT2D eigenvalue weighted by atomic mass is 10.2. The highest BCUT2D eigenvalue weighted by Crippen LogP contribution is 2.25. The number of pyridine rings is 1. The van der Waals surface area contributed by atoms with Gasteiger partial charge in [-0.05, 0) is 19.1 Å². The molecule has 0 radical (unpaired) electrons. The third-order valence-electron chi connectivity index (χ3n) is 2.70. The van der Waals surface area contributed by atoms with E-state index >= 15 is 0 Å². The zero-order valence-electron chi connectivity index (χ0n) is 9.22. The highest BCUT2D eigenvalue weighted by Gasteiger charge is 2.22. The van der Waals surface area contributed by atoms with Crippen molar-refractivity contribution in [3.05, 3.63) is 24.0 Å². The van der Waals surface area contributed by atoms with Crippen LogP contribution in [0.2, 0.25) is 0 Å². The molecule has 0 bridgehead atoms. The van der Waals surface area contributed by atoms with Crippen molar-refractivity contribution in [2.24, 2.45) is 5.73 Å². The Labute approximate surface area is 105 Å². The summed E-state index contributed by atoms with van der Waals surface area (Å²) < 4.78 is 0. The van der Waals surface area contributed by atoms with Crippen LogP contribution >= 0.6 is 24.0 Å². The van der Waals surface area contributed by atoms with Crippen molar-refractivity contribution in [2.75, 3.05) is 23.0 Å². The standard InChI is InChI=1S/C11H15N3S2/c1-8-7-16-6-5-14(8)9-3-2-4-13-10(9)11(12)15/h2-4,8H,5-7H2,1H3,(H2,12,15). The minimum absolute atomic E-state index is 0.376. The quantitative estimate of drug-likeness (QED) is 0.812. The molecule has 0 saturated carbocycles. The molecule has 2 heterocycles. The zero-order chi connectivity index (χ0) is 11.5. The second-order valence-electron chi connectivity index (χ2n) is 3.85. The van der Waals surface area contributed by atoms with Crippen LogP contribution in [0.4, 0.5) is 5.69 Å². The van der Waals surface area contributed by atoms with Crippen LogP contribution in [-0.2, 0) is 0 Å². The van der Waals surface area contributed by atoms with Crippen molar-refractivity contribution in [3.8, 4) is 0 Å². The molecule has 1 aromatic heterocycles. The highest BCUT2D eigenvalue weighted by atomic mass is 32.2. The van der Waals surface area contributed by atoms with Gasteiger partial charge < -0.3 is 10.6 Å². The SMILES string of the molecule is CC1CSCCN1c1cccnc1C(N)=S. The second kappa shape index (κ2) is 5.01. The van der Waals surface area contributed by atoms with Crippen LogP contribution in [0.3, 0.4) is 0 Å². The van der Waals surface area contributed by atoms with Gasteiger partial charge in [0.2, 0.25) is 0 Å². The van der Waals surface area contributed by atoms with Crippen LogP contribution < -0.4 is 10.6 Å². The fourth-order valence-corrected chi connectivity index (χ4v) is 3.07. The number of aromatic nitrogens is 1. The van der Waals surface area contributed by atoms with Crippen LogP contribution in [0.25, 0.3) is 0 Å². The van der Waals surface area contributed by atoms with E-state index in [1.807, 2.05) is 23.9 Å². The molecular formula is C11H15N3S2. The molecule has 86 valence electrons. The minimum Gasteiger partial charge on any atom is -0.388 e. The molecule has 2 N–H and O–H groups in total. The minimum atomic E-state index is 0.376. The Kier molecular flexibility index (Phi) is 3.66. The first-order valence-electron chi connectivity index (χ1n) is 5.29. The van der Waals surface area contributed by atoms with Crippen molar-refractivity contribution >= 4 is 34.7 Å². The summed E-state index contributed by atoms with van der Waals surface area (Å²) in [7, 11) is 0. The lowest BCUT2D eigenvalue weighted by molar-refractivity contribution is 0.698. The second-order valence-corrected chi connectivity index (χ2v) is 5.44. The van der Waals surface area contributed by atoms with Gasteiger partial charge in [-0.2, -0.15) is 11.8 Å². The Balaban J connectivity index is 2.34. The predicted molar refractivity (Wildman–Crippen MR) is 74.3 cm³/mol. The summed E-state index contributed by atoms with van der Waals surface area (Å²) in [6.07, 6.45) is 1.74. The fourth-order valence-electron chi connectivity index (χ4n) is 1.90. The Bertz CT molecular complexity index is 395. The maximum atomic E-state index is 5.70. The number of hydrogen-bond acceptors (Lipinski definition) is 4. The number of thiocarbonyl (C=S) groups is 1. The first-order valence-corrected chi connectivity index (χ1v) is 6.85. The molecule has 3 nitrogen and oxygen atoms in total. The average molecular weight is 253 g/mol. The molecule has 1 aliphatic rings. The molecule has 0 amide bonds. The summed E-state index contributed by atoms with van der Waals surface area (Å²) in [6, 6.07) is 4.50. The van der Waals surface area contributed by atoms with Crippen LogP contribution in [0.5, 0.6) is 0 Å². The van der Waals surface area contributed by atoms with Crippen molar-refractivity contribution < 1.29 is 0 Å². The molecule has 16 heavy (non-hydrogen) atoms. The third kappa shape index (κ3) is 2.30. The first-order chi connectivity index (χ1) is 7.70. The monoisotopic (exact) mass is 253 g/mol. The summed E-state index contributed by atoms with van der Waals surface area (Å²) in [5.41, 5.74) is 7.52. The number of nitrogens with two attached hydrogens (primary N) is 1. The predicted octanol–water partition coefficient (Wildman–Crippen LogP) is 1.66. The van der Waals surface area contributed by atoms with Gasteiger partial charge in [-0.3, -0.25) is 4.98 Å². The normalized spacial score (nSPS) is 20.8. The van der Waals surface area contributed by atoms with Crippen LogP contribution in [0, 0.1) is 0 Å². The lowest BCUT2D eigenvalue weighted by Gasteiger charge is -2.35. The summed E-state index contributed by atoms with van der Waals surface area (Å²) in [4.78, 5) is 6.99. The molecule has 1 unspecified atom stereocenters. The lowest BCUT2D eigenvalue weighted by Crippen LogP contribution is -2.41. The van der Waals surface area contributed by atoms with Crippen LogP contribution in [0.1, 0.15) is 12.6 Å². The van der Waals surface area contributed by atoms with E-state index in [9.17, 15) is 0 Å². The van der Waals surface area contributed by atoms with Gasteiger partial charge in [0, 0.05) is 30.3 Å².